The highest BCUT2D eigenvalue weighted by atomic mass is 15.1. The van der Waals surface area contributed by atoms with E-state index in [-0.39, 0.29) is 0 Å². The molecule has 1 aliphatic heterocycles. The van der Waals surface area contributed by atoms with Crippen molar-refractivity contribution in [3.8, 4) is 0 Å². The van der Waals surface area contributed by atoms with Gasteiger partial charge in [0.05, 0.1) is 0 Å². The van der Waals surface area contributed by atoms with Crippen molar-refractivity contribution in [3.05, 3.63) is 60.2 Å². The molecular weight excluding hydrogens is 234 g/mol. The first-order valence-corrected chi connectivity index (χ1v) is 6.93. The van der Waals surface area contributed by atoms with Crippen LogP contribution >= 0.6 is 0 Å². The zero-order chi connectivity index (χ0) is 12.9. The van der Waals surface area contributed by atoms with Gasteiger partial charge in [-0.05, 0) is 67.2 Å². The molecule has 0 aliphatic carbocycles. The number of pyridine rings is 2. The summed E-state index contributed by atoms with van der Waals surface area (Å²) in [6, 6.07) is 8.52. The average molecular weight is 253 g/mol. The van der Waals surface area contributed by atoms with E-state index in [1.54, 1.807) is 0 Å². The van der Waals surface area contributed by atoms with E-state index in [0.29, 0.717) is 5.92 Å². The molecule has 0 unspecified atom stereocenters. The third-order valence-electron chi connectivity index (χ3n) is 3.92. The predicted octanol–water partition coefficient (Wildman–Crippen LogP) is 2.86. The molecule has 2 aromatic rings. The van der Waals surface area contributed by atoms with E-state index in [1.165, 1.54) is 37.1 Å². The van der Waals surface area contributed by atoms with Crippen LogP contribution in [-0.4, -0.2) is 28.0 Å². The van der Waals surface area contributed by atoms with E-state index in [4.69, 9.17) is 0 Å². The van der Waals surface area contributed by atoms with Gasteiger partial charge < -0.3 is 0 Å². The second-order valence-corrected chi connectivity index (χ2v) is 5.19. The maximum absolute atomic E-state index is 4.09. The summed E-state index contributed by atoms with van der Waals surface area (Å²) in [5.41, 5.74) is 2.80. The van der Waals surface area contributed by atoms with E-state index >= 15 is 0 Å². The SMILES string of the molecule is c1cc(CN2CCC(c3ccncc3)CC2)ccn1. The smallest absolute Gasteiger partial charge is 0.0271 e. The minimum atomic E-state index is 0.705. The normalized spacial score (nSPS) is 17.5. The Bertz CT molecular complexity index is 490. The van der Waals surface area contributed by atoms with E-state index in [2.05, 4.69) is 39.1 Å². The highest BCUT2D eigenvalue weighted by Gasteiger charge is 2.20. The number of likely N-dealkylation sites (tertiary alicyclic amines) is 1. The van der Waals surface area contributed by atoms with Gasteiger partial charge in [-0.25, -0.2) is 0 Å². The summed E-state index contributed by atoms with van der Waals surface area (Å²) in [6.07, 6.45) is 10.0. The minimum absolute atomic E-state index is 0.705. The summed E-state index contributed by atoms with van der Waals surface area (Å²) in [5, 5.41) is 0. The number of hydrogen-bond acceptors (Lipinski definition) is 3. The van der Waals surface area contributed by atoms with E-state index in [9.17, 15) is 0 Å². The number of aromatic nitrogens is 2. The molecule has 0 radical (unpaired) electrons. The molecule has 0 atom stereocenters. The summed E-state index contributed by atoms with van der Waals surface area (Å²) in [6.45, 7) is 3.40. The fourth-order valence-electron chi connectivity index (χ4n) is 2.81. The van der Waals surface area contributed by atoms with Gasteiger partial charge in [0.2, 0.25) is 0 Å². The Morgan fingerprint density at radius 1 is 0.895 bits per heavy atom. The molecule has 3 heteroatoms. The number of nitrogens with zero attached hydrogens (tertiary/aromatic N) is 3. The van der Waals surface area contributed by atoms with Crippen LogP contribution in [0.4, 0.5) is 0 Å². The lowest BCUT2D eigenvalue weighted by Gasteiger charge is -2.32. The fourth-order valence-corrected chi connectivity index (χ4v) is 2.81. The van der Waals surface area contributed by atoms with Crippen LogP contribution in [0.3, 0.4) is 0 Å². The van der Waals surface area contributed by atoms with Crippen LogP contribution in [0.5, 0.6) is 0 Å². The molecule has 2 aromatic heterocycles. The van der Waals surface area contributed by atoms with Crippen LogP contribution in [0.2, 0.25) is 0 Å². The van der Waals surface area contributed by atoms with Crippen LogP contribution < -0.4 is 0 Å². The molecule has 3 heterocycles. The largest absolute Gasteiger partial charge is 0.299 e. The van der Waals surface area contributed by atoms with Crippen LogP contribution in [0.25, 0.3) is 0 Å². The molecule has 0 aromatic carbocycles. The van der Waals surface area contributed by atoms with Gasteiger partial charge in [0, 0.05) is 31.3 Å². The Kier molecular flexibility index (Phi) is 3.84. The highest BCUT2D eigenvalue weighted by molar-refractivity contribution is 5.17. The molecule has 1 aliphatic rings. The second kappa shape index (κ2) is 5.93. The minimum Gasteiger partial charge on any atom is -0.299 e. The van der Waals surface area contributed by atoms with Crippen molar-refractivity contribution in [2.24, 2.45) is 0 Å². The Morgan fingerprint density at radius 3 is 2.11 bits per heavy atom. The third kappa shape index (κ3) is 3.18. The van der Waals surface area contributed by atoms with Gasteiger partial charge in [-0.15, -0.1) is 0 Å². The van der Waals surface area contributed by atoms with Crippen molar-refractivity contribution in [2.75, 3.05) is 13.1 Å². The Morgan fingerprint density at radius 2 is 1.47 bits per heavy atom. The summed E-state index contributed by atoms with van der Waals surface area (Å²) >= 11 is 0. The van der Waals surface area contributed by atoms with Crippen molar-refractivity contribution in [3.63, 3.8) is 0 Å². The summed E-state index contributed by atoms with van der Waals surface area (Å²) < 4.78 is 0. The third-order valence-corrected chi connectivity index (χ3v) is 3.92. The fraction of sp³-hybridized carbons (Fsp3) is 0.375. The van der Waals surface area contributed by atoms with Gasteiger partial charge in [-0.3, -0.25) is 14.9 Å². The van der Waals surface area contributed by atoms with E-state index in [1.807, 2.05) is 24.8 Å². The molecule has 0 saturated carbocycles. The quantitative estimate of drug-likeness (QED) is 0.842. The highest BCUT2D eigenvalue weighted by Crippen LogP contribution is 2.27. The molecule has 0 bridgehead atoms. The molecule has 0 amide bonds. The number of piperidine rings is 1. The lowest BCUT2D eigenvalue weighted by atomic mass is 9.90. The first-order chi connectivity index (χ1) is 9.42. The van der Waals surface area contributed by atoms with Crippen molar-refractivity contribution in [1.82, 2.24) is 14.9 Å². The molecule has 0 N–H and O–H groups in total. The monoisotopic (exact) mass is 253 g/mol. The van der Waals surface area contributed by atoms with Crippen LogP contribution in [0, 0.1) is 0 Å². The molecule has 3 rings (SSSR count). The molecule has 19 heavy (non-hydrogen) atoms. The first kappa shape index (κ1) is 12.3. The first-order valence-electron chi connectivity index (χ1n) is 6.93. The zero-order valence-electron chi connectivity index (χ0n) is 11.1. The lowest BCUT2D eigenvalue weighted by molar-refractivity contribution is 0.204. The average Bonchev–Trinajstić information content (AvgIpc) is 2.50. The van der Waals surface area contributed by atoms with E-state index < -0.39 is 0 Å². The Hall–Kier alpha value is -1.74. The maximum Gasteiger partial charge on any atom is 0.0271 e. The summed E-state index contributed by atoms with van der Waals surface area (Å²) in [5.74, 6) is 0.705. The van der Waals surface area contributed by atoms with E-state index in [0.717, 1.165) is 6.54 Å². The van der Waals surface area contributed by atoms with Gasteiger partial charge in [0.25, 0.3) is 0 Å². The van der Waals surface area contributed by atoms with Crippen molar-refractivity contribution < 1.29 is 0 Å². The molecule has 0 spiro atoms. The van der Waals surface area contributed by atoms with Crippen molar-refractivity contribution >= 4 is 0 Å². The number of rotatable bonds is 3. The summed E-state index contributed by atoms with van der Waals surface area (Å²) in [4.78, 5) is 10.7. The summed E-state index contributed by atoms with van der Waals surface area (Å²) in [7, 11) is 0. The molecule has 1 saturated heterocycles. The lowest BCUT2D eigenvalue weighted by Crippen LogP contribution is -2.32. The second-order valence-electron chi connectivity index (χ2n) is 5.19. The van der Waals surface area contributed by atoms with Gasteiger partial charge >= 0.3 is 0 Å². The van der Waals surface area contributed by atoms with Gasteiger partial charge in [-0.2, -0.15) is 0 Å². The molecule has 3 nitrogen and oxygen atoms in total. The van der Waals surface area contributed by atoms with Crippen molar-refractivity contribution in [2.45, 2.75) is 25.3 Å². The molecule has 98 valence electrons. The van der Waals surface area contributed by atoms with Crippen LogP contribution in [0.15, 0.2) is 49.1 Å². The topological polar surface area (TPSA) is 29.0 Å². The number of hydrogen-bond donors (Lipinski definition) is 0. The predicted molar refractivity (Wildman–Crippen MR) is 75.7 cm³/mol. The zero-order valence-corrected chi connectivity index (χ0v) is 11.1. The van der Waals surface area contributed by atoms with Crippen LogP contribution in [0.1, 0.15) is 29.9 Å². The molecule has 1 fully saturated rings. The Balaban J connectivity index is 1.55. The van der Waals surface area contributed by atoms with Crippen molar-refractivity contribution in [1.29, 1.82) is 0 Å². The van der Waals surface area contributed by atoms with Gasteiger partial charge in [0.1, 0.15) is 0 Å². The maximum atomic E-state index is 4.09. The van der Waals surface area contributed by atoms with Crippen LogP contribution in [-0.2, 0) is 6.54 Å². The molecular formula is C16H19N3. The standard InChI is InChI=1S/C16H19N3/c1-7-17-8-2-14(1)13-19-11-5-16(6-12-19)15-3-9-18-10-4-15/h1-4,7-10,16H,5-6,11-13H2. The van der Waals surface area contributed by atoms with Gasteiger partial charge in [0.15, 0.2) is 0 Å². The Labute approximate surface area is 114 Å². The van der Waals surface area contributed by atoms with Gasteiger partial charge in [-0.1, -0.05) is 0 Å².